The van der Waals surface area contributed by atoms with E-state index >= 15 is 0 Å². The van der Waals surface area contributed by atoms with Crippen LogP contribution in [0.4, 0.5) is 4.39 Å². The van der Waals surface area contributed by atoms with E-state index in [4.69, 9.17) is 10.5 Å². The van der Waals surface area contributed by atoms with Crippen LogP contribution in [0.15, 0.2) is 17.0 Å². The van der Waals surface area contributed by atoms with E-state index in [9.17, 15) is 12.8 Å². The first kappa shape index (κ1) is 14.3. The van der Waals surface area contributed by atoms with E-state index in [0.717, 1.165) is 31.9 Å². The summed E-state index contributed by atoms with van der Waals surface area (Å²) in [4.78, 5) is -0.352. The predicted molar refractivity (Wildman–Crippen MR) is 70.4 cm³/mol. The second-order valence-corrected chi connectivity index (χ2v) is 7.08. The monoisotopic (exact) mass is 287 g/mol. The molecule has 2 N–H and O–H groups in total. The molecule has 106 valence electrons. The third-order valence-electron chi connectivity index (χ3n) is 3.70. The van der Waals surface area contributed by atoms with Gasteiger partial charge in [0.05, 0.1) is 7.11 Å². The molecule has 4 nitrogen and oxygen atoms in total. The molecule has 0 aliphatic heterocycles. The minimum Gasteiger partial charge on any atom is -0.493 e. The summed E-state index contributed by atoms with van der Waals surface area (Å²) in [7, 11) is -2.30. The Morgan fingerprint density at radius 3 is 2.37 bits per heavy atom. The molecule has 2 rings (SSSR count). The van der Waals surface area contributed by atoms with Gasteiger partial charge in [0.15, 0.2) is 21.4 Å². The normalized spacial score (nSPS) is 18.5. The van der Waals surface area contributed by atoms with Gasteiger partial charge in [-0.1, -0.05) is 18.9 Å². The number of methoxy groups -OCH3 is 1. The summed E-state index contributed by atoms with van der Waals surface area (Å²) in [6, 6.07) is 2.85. The van der Waals surface area contributed by atoms with Crippen LogP contribution in [0.5, 0.6) is 5.75 Å². The molecule has 0 atom stereocenters. The molecule has 0 heterocycles. The molecule has 1 aromatic rings. The third kappa shape index (κ3) is 2.47. The maximum Gasteiger partial charge on any atom is 0.183 e. The Morgan fingerprint density at radius 1 is 1.32 bits per heavy atom. The molecule has 19 heavy (non-hydrogen) atoms. The van der Waals surface area contributed by atoms with Gasteiger partial charge in [0.2, 0.25) is 0 Å². The van der Waals surface area contributed by atoms with Gasteiger partial charge in [-0.05, 0) is 18.9 Å². The summed E-state index contributed by atoms with van der Waals surface area (Å²) in [5.41, 5.74) is 6.22. The fraction of sp³-hybridized carbons (Fsp3) is 0.538. The molecule has 0 aromatic heterocycles. The SMILES string of the molecule is COc1c(C2(N)CCCC2)ccc(S(C)(=O)=O)c1F. The van der Waals surface area contributed by atoms with Gasteiger partial charge in [-0.2, -0.15) is 0 Å². The second-order valence-electron chi connectivity index (χ2n) is 5.09. The zero-order valence-corrected chi connectivity index (χ0v) is 11.9. The first-order chi connectivity index (χ1) is 8.79. The lowest BCUT2D eigenvalue weighted by atomic mass is 9.88. The van der Waals surface area contributed by atoms with Gasteiger partial charge in [-0.3, -0.25) is 0 Å². The van der Waals surface area contributed by atoms with Gasteiger partial charge < -0.3 is 10.5 Å². The Labute approximate surface area is 112 Å². The van der Waals surface area contributed by atoms with Gasteiger partial charge in [0.1, 0.15) is 4.90 Å². The average Bonchev–Trinajstić information content (AvgIpc) is 2.75. The van der Waals surface area contributed by atoms with E-state index in [1.807, 2.05) is 0 Å². The Morgan fingerprint density at radius 2 is 1.89 bits per heavy atom. The fourth-order valence-corrected chi connectivity index (χ4v) is 3.42. The third-order valence-corrected chi connectivity index (χ3v) is 4.81. The van der Waals surface area contributed by atoms with E-state index in [2.05, 4.69) is 0 Å². The van der Waals surface area contributed by atoms with Gasteiger partial charge in [-0.25, -0.2) is 12.8 Å². The van der Waals surface area contributed by atoms with Crippen molar-refractivity contribution in [2.45, 2.75) is 36.1 Å². The average molecular weight is 287 g/mol. The van der Waals surface area contributed by atoms with Gasteiger partial charge >= 0.3 is 0 Å². The number of hydrogen-bond donors (Lipinski definition) is 1. The molecular formula is C13H18FNO3S. The van der Waals surface area contributed by atoms with Crippen LogP contribution in [0, 0.1) is 5.82 Å². The Kier molecular flexibility index (Phi) is 3.57. The first-order valence-electron chi connectivity index (χ1n) is 6.15. The lowest BCUT2D eigenvalue weighted by Crippen LogP contribution is -2.34. The van der Waals surface area contributed by atoms with Gasteiger partial charge in [-0.15, -0.1) is 0 Å². The van der Waals surface area contributed by atoms with Crippen LogP contribution in [0.2, 0.25) is 0 Å². The van der Waals surface area contributed by atoms with Crippen LogP contribution in [0.1, 0.15) is 31.2 Å². The number of halogens is 1. The van der Waals surface area contributed by atoms with Crippen molar-refractivity contribution in [3.05, 3.63) is 23.5 Å². The van der Waals surface area contributed by atoms with Crippen LogP contribution in [-0.2, 0) is 15.4 Å². The van der Waals surface area contributed by atoms with Crippen LogP contribution < -0.4 is 10.5 Å². The van der Waals surface area contributed by atoms with Gasteiger partial charge in [0.25, 0.3) is 0 Å². The summed E-state index contributed by atoms with van der Waals surface area (Å²) < 4.78 is 42.4. The molecule has 0 radical (unpaired) electrons. The molecule has 1 aliphatic carbocycles. The van der Waals surface area contributed by atoms with Crippen LogP contribution in [0.3, 0.4) is 0 Å². The number of rotatable bonds is 3. The zero-order valence-electron chi connectivity index (χ0n) is 11.1. The molecule has 1 aliphatic rings. The Hall–Kier alpha value is -1.14. The van der Waals surface area contributed by atoms with Crippen LogP contribution in [-0.4, -0.2) is 21.8 Å². The highest BCUT2D eigenvalue weighted by Crippen LogP contribution is 2.42. The maximum absolute atomic E-state index is 14.3. The van der Waals surface area contributed by atoms with Crippen molar-refractivity contribution in [3.63, 3.8) is 0 Å². The van der Waals surface area contributed by atoms with E-state index in [0.29, 0.717) is 5.56 Å². The lowest BCUT2D eigenvalue weighted by Gasteiger charge is -2.26. The summed E-state index contributed by atoms with van der Waals surface area (Å²) in [6.45, 7) is 0. The topological polar surface area (TPSA) is 69.4 Å². The lowest BCUT2D eigenvalue weighted by molar-refractivity contribution is 0.352. The van der Waals surface area contributed by atoms with Crippen LogP contribution in [0.25, 0.3) is 0 Å². The minimum atomic E-state index is -3.62. The molecular weight excluding hydrogens is 269 g/mol. The highest BCUT2D eigenvalue weighted by molar-refractivity contribution is 7.90. The van der Waals surface area contributed by atoms with E-state index in [1.165, 1.54) is 13.2 Å². The van der Waals surface area contributed by atoms with Crippen molar-refractivity contribution in [2.75, 3.05) is 13.4 Å². The molecule has 0 bridgehead atoms. The Balaban J connectivity index is 2.62. The molecule has 0 unspecified atom stereocenters. The predicted octanol–water partition coefficient (Wildman–Crippen LogP) is 1.97. The zero-order chi connectivity index (χ0) is 14.3. The molecule has 0 saturated heterocycles. The number of sulfone groups is 1. The summed E-state index contributed by atoms with van der Waals surface area (Å²) in [6.07, 6.45) is 4.44. The smallest absolute Gasteiger partial charge is 0.183 e. The summed E-state index contributed by atoms with van der Waals surface area (Å²) in [5, 5.41) is 0. The Bertz CT molecular complexity index is 592. The number of ether oxygens (including phenoxy) is 1. The number of hydrogen-bond acceptors (Lipinski definition) is 4. The van der Waals surface area contributed by atoms with E-state index in [-0.39, 0.29) is 10.6 Å². The molecule has 1 fully saturated rings. The number of nitrogens with two attached hydrogens (primary N) is 1. The van der Waals surface area contributed by atoms with Crippen molar-refractivity contribution in [1.82, 2.24) is 0 Å². The van der Waals surface area contributed by atoms with Crippen molar-refractivity contribution in [3.8, 4) is 5.75 Å². The molecule has 0 amide bonds. The van der Waals surface area contributed by atoms with Crippen molar-refractivity contribution in [2.24, 2.45) is 5.73 Å². The van der Waals surface area contributed by atoms with Crippen molar-refractivity contribution >= 4 is 9.84 Å². The van der Waals surface area contributed by atoms with Crippen molar-refractivity contribution in [1.29, 1.82) is 0 Å². The molecule has 0 spiro atoms. The molecule has 6 heteroatoms. The van der Waals surface area contributed by atoms with Crippen molar-refractivity contribution < 1.29 is 17.5 Å². The maximum atomic E-state index is 14.3. The summed E-state index contributed by atoms with van der Waals surface area (Å²) in [5.74, 6) is -0.897. The number of benzene rings is 1. The quantitative estimate of drug-likeness (QED) is 0.922. The van der Waals surface area contributed by atoms with Gasteiger partial charge in [0, 0.05) is 17.4 Å². The van der Waals surface area contributed by atoms with E-state index < -0.39 is 21.2 Å². The van der Waals surface area contributed by atoms with Crippen LogP contribution >= 0.6 is 0 Å². The standard InChI is InChI=1S/C13H18FNO3S/c1-18-12-9(13(15)7-3-4-8-13)5-6-10(11(12)14)19(2,16)17/h5-6H,3-4,7-8,15H2,1-2H3. The largest absolute Gasteiger partial charge is 0.493 e. The fourth-order valence-electron chi connectivity index (χ4n) is 2.69. The summed E-state index contributed by atoms with van der Waals surface area (Å²) >= 11 is 0. The molecule has 1 aromatic carbocycles. The molecule has 1 saturated carbocycles. The minimum absolute atomic E-state index is 0.0488. The first-order valence-corrected chi connectivity index (χ1v) is 8.04. The highest BCUT2D eigenvalue weighted by Gasteiger charge is 2.36. The van der Waals surface area contributed by atoms with E-state index in [1.54, 1.807) is 6.07 Å². The highest BCUT2D eigenvalue weighted by atomic mass is 32.2. The second kappa shape index (κ2) is 4.76.